The fourth-order valence-electron chi connectivity index (χ4n) is 1.91. The highest BCUT2D eigenvalue weighted by molar-refractivity contribution is 6.07. The Morgan fingerprint density at radius 3 is 2.94 bits per heavy atom. The van der Waals surface area contributed by atoms with Crippen molar-refractivity contribution in [2.75, 3.05) is 0 Å². The summed E-state index contributed by atoms with van der Waals surface area (Å²) in [5.74, 6) is -1.72. The van der Waals surface area contributed by atoms with Crippen LogP contribution in [-0.4, -0.2) is 16.9 Å². The fraction of sp³-hybridized carbons (Fsp3) is 0.0909. The van der Waals surface area contributed by atoms with Gasteiger partial charge in [0.25, 0.3) is 0 Å². The second-order valence-electron chi connectivity index (χ2n) is 3.61. The van der Waals surface area contributed by atoms with Crippen LogP contribution >= 0.6 is 0 Å². The number of fused-ring (bicyclic) bond motifs is 3. The molecule has 16 heavy (non-hydrogen) atoms. The van der Waals surface area contributed by atoms with Crippen LogP contribution in [0.2, 0.25) is 0 Å². The Labute approximate surface area is 89.0 Å². The van der Waals surface area contributed by atoms with Crippen LogP contribution in [0.1, 0.15) is 16.1 Å². The lowest BCUT2D eigenvalue weighted by atomic mass is 10.1. The number of carbonyl (C=O) groups excluding carboxylic acids is 2. The maximum absolute atomic E-state index is 13.1. The normalized spacial score (nSPS) is 15.1. The van der Waals surface area contributed by atoms with E-state index in [0.29, 0.717) is 16.5 Å². The van der Waals surface area contributed by atoms with E-state index in [1.54, 1.807) is 0 Å². The van der Waals surface area contributed by atoms with E-state index in [9.17, 15) is 14.0 Å². The number of hydrogen-bond acceptors (Lipinski definition) is 3. The van der Waals surface area contributed by atoms with Crippen molar-refractivity contribution in [3.8, 4) is 0 Å². The van der Waals surface area contributed by atoms with Crippen LogP contribution < -0.4 is 0 Å². The molecule has 0 bridgehead atoms. The van der Waals surface area contributed by atoms with Gasteiger partial charge in [-0.1, -0.05) is 0 Å². The highest BCUT2D eigenvalue weighted by Crippen LogP contribution is 2.27. The highest BCUT2D eigenvalue weighted by Gasteiger charge is 2.28. The molecule has 1 aliphatic rings. The molecule has 0 aliphatic carbocycles. The monoisotopic (exact) mass is 219 g/mol. The van der Waals surface area contributed by atoms with Gasteiger partial charge in [0.05, 0.1) is 6.42 Å². The topological polar surface area (TPSA) is 59.2 Å². The van der Waals surface area contributed by atoms with E-state index in [2.05, 4.69) is 9.72 Å². The highest BCUT2D eigenvalue weighted by atomic mass is 19.1. The number of carbonyl (C=O) groups is 2. The maximum Gasteiger partial charge on any atom is 0.362 e. The summed E-state index contributed by atoms with van der Waals surface area (Å²) in [6.45, 7) is 0. The minimum atomic E-state index is -0.706. The molecule has 0 saturated carbocycles. The first-order valence-corrected chi connectivity index (χ1v) is 4.70. The standard InChI is InChI=1S/C11H6FNO3/c12-5-1-2-8-6(3-5)7-4-9(14)16-11(15)10(7)13-8/h1-3,13H,4H2. The number of ether oxygens (including phenoxy) is 1. The van der Waals surface area contributed by atoms with Crippen LogP contribution in [0.3, 0.4) is 0 Å². The number of rotatable bonds is 0. The van der Waals surface area contributed by atoms with Gasteiger partial charge in [0, 0.05) is 16.5 Å². The van der Waals surface area contributed by atoms with E-state index in [1.807, 2.05) is 0 Å². The average Bonchev–Trinajstić information content (AvgIpc) is 2.57. The van der Waals surface area contributed by atoms with Crippen molar-refractivity contribution in [2.24, 2.45) is 0 Å². The largest absolute Gasteiger partial charge is 0.388 e. The third-order valence-corrected chi connectivity index (χ3v) is 2.60. The summed E-state index contributed by atoms with van der Waals surface area (Å²) in [5, 5.41) is 0.556. The summed E-state index contributed by atoms with van der Waals surface area (Å²) >= 11 is 0. The van der Waals surface area contributed by atoms with E-state index in [0.717, 1.165) is 0 Å². The lowest BCUT2D eigenvalue weighted by molar-refractivity contribution is -0.137. The summed E-state index contributed by atoms with van der Waals surface area (Å²) < 4.78 is 17.5. The molecule has 0 spiro atoms. The summed E-state index contributed by atoms with van der Waals surface area (Å²) in [6.07, 6.45) is -0.00940. The van der Waals surface area contributed by atoms with Gasteiger partial charge in [0.2, 0.25) is 0 Å². The third-order valence-electron chi connectivity index (χ3n) is 2.60. The quantitative estimate of drug-likeness (QED) is 0.540. The molecule has 0 fully saturated rings. The molecule has 0 radical (unpaired) electrons. The molecule has 2 heterocycles. The summed E-state index contributed by atoms with van der Waals surface area (Å²) in [5.41, 5.74) is 1.37. The minimum Gasteiger partial charge on any atom is -0.388 e. The van der Waals surface area contributed by atoms with Crippen LogP contribution in [0.25, 0.3) is 10.9 Å². The van der Waals surface area contributed by atoms with Crippen molar-refractivity contribution in [1.82, 2.24) is 4.98 Å². The fourth-order valence-corrected chi connectivity index (χ4v) is 1.91. The van der Waals surface area contributed by atoms with E-state index in [1.165, 1.54) is 18.2 Å². The predicted molar refractivity (Wildman–Crippen MR) is 52.4 cm³/mol. The van der Waals surface area contributed by atoms with Gasteiger partial charge in [-0.15, -0.1) is 0 Å². The van der Waals surface area contributed by atoms with Crippen molar-refractivity contribution in [2.45, 2.75) is 6.42 Å². The Balaban J connectivity index is 2.35. The number of cyclic esters (lactones) is 2. The first-order valence-electron chi connectivity index (χ1n) is 4.70. The summed E-state index contributed by atoms with van der Waals surface area (Å²) in [4.78, 5) is 25.3. The molecule has 80 valence electrons. The third kappa shape index (κ3) is 1.14. The van der Waals surface area contributed by atoms with Crippen LogP contribution in [0.5, 0.6) is 0 Å². The van der Waals surface area contributed by atoms with E-state index in [4.69, 9.17) is 0 Å². The van der Waals surface area contributed by atoms with E-state index < -0.39 is 17.8 Å². The van der Waals surface area contributed by atoms with Gasteiger partial charge in [0.1, 0.15) is 11.5 Å². The van der Waals surface area contributed by atoms with Gasteiger partial charge >= 0.3 is 11.9 Å². The Bertz CT molecular complexity index is 629. The number of aromatic nitrogens is 1. The Morgan fingerprint density at radius 2 is 2.12 bits per heavy atom. The number of halogens is 1. The van der Waals surface area contributed by atoms with Crippen LogP contribution in [0, 0.1) is 5.82 Å². The van der Waals surface area contributed by atoms with E-state index >= 15 is 0 Å². The molecule has 1 aliphatic heterocycles. The average molecular weight is 219 g/mol. The molecule has 0 atom stereocenters. The van der Waals surface area contributed by atoms with Crippen molar-refractivity contribution in [3.63, 3.8) is 0 Å². The first kappa shape index (κ1) is 9.08. The smallest absolute Gasteiger partial charge is 0.362 e. The zero-order valence-corrected chi connectivity index (χ0v) is 8.04. The van der Waals surface area contributed by atoms with Gasteiger partial charge in [-0.25, -0.2) is 9.18 Å². The zero-order chi connectivity index (χ0) is 11.3. The van der Waals surface area contributed by atoms with Crippen LogP contribution in [0.4, 0.5) is 4.39 Å². The van der Waals surface area contributed by atoms with Gasteiger partial charge < -0.3 is 9.72 Å². The SMILES string of the molecule is O=C1Cc2c([nH]c3ccc(F)cc23)C(=O)O1. The van der Waals surface area contributed by atoms with Crippen molar-refractivity contribution < 1.29 is 18.7 Å². The Kier molecular flexibility index (Phi) is 1.65. The lowest BCUT2D eigenvalue weighted by Gasteiger charge is -2.09. The molecule has 1 aromatic heterocycles. The molecular formula is C11H6FNO3. The van der Waals surface area contributed by atoms with Crippen molar-refractivity contribution >= 4 is 22.8 Å². The summed E-state index contributed by atoms with van der Waals surface area (Å²) in [6, 6.07) is 4.12. The second-order valence-corrected chi connectivity index (χ2v) is 3.61. The Hall–Kier alpha value is -2.17. The Morgan fingerprint density at radius 1 is 1.31 bits per heavy atom. The van der Waals surface area contributed by atoms with Crippen LogP contribution in [-0.2, 0) is 16.0 Å². The molecule has 0 unspecified atom stereocenters. The molecule has 2 aromatic rings. The number of esters is 2. The molecule has 4 nitrogen and oxygen atoms in total. The molecule has 0 saturated heterocycles. The molecule has 1 N–H and O–H groups in total. The van der Waals surface area contributed by atoms with Gasteiger partial charge in [-0.3, -0.25) is 4.79 Å². The van der Waals surface area contributed by atoms with Crippen molar-refractivity contribution in [1.29, 1.82) is 0 Å². The predicted octanol–water partition coefficient (Wildman–Crippen LogP) is 1.55. The number of aromatic amines is 1. The summed E-state index contributed by atoms with van der Waals surface area (Å²) in [7, 11) is 0. The van der Waals surface area contributed by atoms with Gasteiger partial charge in [-0.2, -0.15) is 0 Å². The lowest BCUT2D eigenvalue weighted by Crippen LogP contribution is -2.22. The van der Waals surface area contributed by atoms with Gasteiger partial charge in [0.15, 0.2) is 0 Å². The molecule has 5 heteroatoms. The van der Waals surface area contributed by atoms with Gasteiger partial charge in [-0.05, 0) is 18.2 Å². The molecule has 1 aromatic carbocycles. The zero-order valence-electron chi connectivity index (χ0n) is 8.04. The number of nitrogens with one attached hydrogen (secondary N) is 1. The number of benzene rings is 1. The second kappa shape index (κ2) is 2.91. The maximum atomic E-state index is 13.1. The first-order chi connectivity index (χ1) is 7.65. The van der Waals surface area contributed by atoms with Crippen molar-refractivity contribution in [3.05, 3.63) is 35.3 Å². The minimum absolute atomic E-state index is 0.00940. The number of H-pyrrole nitrogens is 1. The molecule has 0 amide bonds. The van der Waals surface area contributed by atoms with Crippen LogP contribution in [0.15, 0.2) is 18.2 Å². The molecule has 3 rings (SSSR count). The molecular weight excluding hydrogens is 213 g/mol. The number of hydrogen-bond donors (Lipinski definition) is 1. The van der Waals surface area contributed by atoms with E-state index in [-0.39, 0.29) is 12.1 Å².